The summed E-state index contributed by atoms with van der Waals surface area (Å²) in [7, 11) is 0. The molecular formula is C26H19Br2N. The third-order valence-electron chi connectivity index (χ3n) is 4.59. The van der Waals surface area contributed by atoms with E-state index in [1.54, 1.807) is 0 Å². The molecule has 0 aliphatic rings. The molecule has 0 N–H and O–H groups in total. The van der Waals surface area contributed by atoms with Gasteiger partial charge in [0.15, 0.2) is 0 Å². The van der Waals surface area contributed by atoms with E-state index in [-0.39, 0.29) is 0 Å². The molecule has 1 nitrogen and oxygen atoms in total. The summed E-state index contributed by atoms with van der Waals surface area (Å²) in [6.07, 6.45) is 4.25. The summed E-state index contributed by atoms with van der Waals surface area (Å²) in [4.78, 5) is 2.26. The third-order valence-corrected chi connectivity index (χ3v) is 5.81. The summed E-state index contributed by atoms with van der Waals surface area (Å²) in [6.45, 7) is 0. The molecule has 0 amide bonds. The first-order chi connectivity index (χ1) is 14.2. The summed E-state index contributed by atoms with van der Waals surface area (Å²) < 4.78 is 2.14. The van der Waals surface area contributed by atoms with Gasteiger partial charge in [0.05, 0.1) is 0 Å². The molecule has 0 heterocycles. The first-order valence-electron chi connectivity index (χ1n) is 9.34. The van der Waals surface area contributed by atoms with Crippen molar-refractivity contribution in [3.63, 3.8) is 0 Å². The molecule has 4 aromatic carbocycles. The standard InChI is InChI=1S/C26H19Br2N/c27-22-15-18-26(28)21(19-22)14-11-20-12-16-25(17-13-20)29(23-7-3-1-4-8-23)24-9-5-2-6-10-24/h1-19H/b14-11+. The van der Waals surface area contributed by atoms with Gasteiger partial charge in [0.2, 0.25) is 0 Å². The van der Waals surface area contributed by atoms with Gasteiger partial charge in [0, 0.05) is 26.0 Å². The van der Waals surface area contributed by atoms with Crippen molar-refractivity contribution in [3.05, 3.63) is 123 Å². The maximum atomic E-state index is 3.61. The van der Waals surface area contributed by atoms with E-state index in [2.05, 4.69) is 128 Å². The quantitative estimate of drug-likeness (QED) is 0.245. The average molecular weight is 505 g/mol. The van der Waals surface area contributed by atoms with Gasteiger partial charge in [0.1, 0.15) is 0 Å². The van der Waals surface area contributed by atoms with Crippen LogP contribution in [0.15, 0.2) is 112 Å². The first-order valence-corrected chi connectivity index (χ1v) is 10.9. The van der Waals surface area contributed by atoms with Crippen LogP contribution in [0.5, 0.6) is 0 Å². The van der Waals surface area contributed by atoms with E-state index in [1.165, 1.54) is 0 Å². The van der Waals surface area contributed by atoms with Crippen molar-refractivity contribution in [2.75, 3.05) is 4.90 Å². The number of hydrogen-bond acceptors (Lipinski definition) is 1. The van der Waals surface area contributed by atoms with Crippen LogP contribution in [-0.2, 0) is 0 Å². The van der Waals surface area contributed by atoms with Crippen LogP contribution in [-0.4, -0.2) is 0 Å². The second-order valence-electron chi connectivity index (χ2n) is 6.60. The van der Waals surface area contributed by atoms with E-state index in [4.69, 9.17) is 0 Å². The van der Waals surface area contributed by atoms with Crippen LogP contribution in [0, 0.1) is 0 Å². The van der Waals surface area contributed by atoms with Gasteiger partial charge in [-0.15, -0.1) is 0 Å². The molecule has 0 radical (unpaired) electrons. The predicted molar refractivity (Wildman–Crippen MR) is 132 cm³/mol. The van der Waals surface area contributed by atoms with Crippen molar-refractivity contribution >= 4 is 61.1 Å². The highest BCUT2D eigenvalue weighted by Crippen LogP contribution is 2.34. The average Bonchev–Trinajstić information content (AvgIpc) is 2.77. The van der Waals surface area contributed by atoms with Crippen LogP contribution in [0.4, 0.5) is 17.1 Å². The molecule has 0 saturated heterocycles. The number of nitrogens with zero attached hydrogens (tertiary/aromatic N) is 1. The summed E-state index contributed by atoms with van der Waals surface area (Å²) >= 11 is 7.14. The lowest BCUT2D eigenvalue weighted by Gasteiger charge is -2.25. The fourth-order valence-electron chi connectivity index (χ4n) is 3.16. The molecule has 4 aromatic rings. The van der Waals surface area contributed by atoms with Crippen LogP contribution >= 0.6 is 31.9 Å². The van der Waals surface area contributed by atoms with Crippen LogP contribution in [0.2, 0.25) is 0 Å². The largest absolute Gasteiger partial charge is 0.311 e. The van der Waals surface area contributed by atoms with Crippen LogP contribution in [0.3, 0.4) is 0 Å². The van der Waals surface area contributed by atoms with Crippen molar-refractivity contribution in [3.8, 4) is 0 Å². The smallest absolute Gasteiger partial charge is 0.0462 e. The highest BCUT2D eigenvalue weighted by molar-refractivity contribution is 9.11. The number of hydrogen-bond donors (Lipinski definition) is 0. The Kier molecular flexibility index (Phi) is 6.28. The van der Waals surface area contributed by atoms with Crippen LogP contribution in [0.1, 0.15) is 11.1 Å². The van der Waals surface area contributed by atoms with E-state index in [9.17, 15) is 0 Å². The lowest BCUT2D eigenvalue weighted by atomic mass is 10.1. The zero-order chi connectivity index (χ0) is 20.1. The Labute approximate surface area is 188 Å². The van der Waals surface area contributed by atoms with Gasteiger partial charge < -0.3 is 4.90 Å². The van der Waals surface area contributed by atoms with Gasteiger partial charge in [-0.1, -0.05) is 92.5 Å². The maximum Gasteiger partial charge on any atom is 0.0462 e. The van der Waals surface area contributed by atoms with Crippen molar-refractivity contribution in [1.29, 1.82) is 0 Å². The molecule has 0 spiro atoms. The van der Waals surface area contributed by atoms with Gasteiger partial charge in [-0.05, 0) is 65.7 Å². The molecule has 0 atom stereocenters. The van der Waals surface area contributed by atoms with E-state index >= 15 is 0 Å². The third kappa shape index (κ3) is 4.87. The molecule has 0 saturated carbocycles. The lowest BCUT2D eigenvalue weighted by Crippen LogP contribution is -2.09. The second-order valence-corrected chi connectivity index (χ2v) is 8.37. The first kappa shape index (κ1) is 19.7. The number of rotatable bonds is 5. The zero-order valence-corrected chi connectivity index (χ0v) is 18.8. The number of halogens is 2. The Morgan fingerprint density at radius 2 is 1.10 bits per heavy atom. The van der Waals surface area contributed by atoms with Gasteiger partial charge in [-0.25, -0.2) is 0 Å². The molecule has 0 aliphatic carbocycles. The Hall–Kier alpha value is -2.62. The zero-order valence-electron chi connectivity index (χ0n) is 15.7. The van der Waals surface area contributed by atoms with E-state index < -0.39 is 0 Å². The summed E-state index contributed by atoms with van der Waals surface area (Å²) in [6, 6.07) is 35.7. The Balaban J connectivity index is 1.64. The molecule has 4 rings (SSSR count). The van der Waals surface area contributed by atoms with Gasteiger partial charge >= 0.3 is 0 Å². The molecule has 0 bridgehead atoms. The van der Waals surface area contributed by atoms with E-state index in [0.717, 1.165) is 37.1 Å². The minimum Gasteiger partial charge on any atom is -0.311 e. The normalized spacial score (nSPS) is 11.0. The van der Waals surface area contributed by atoms with Gasteiger partial charge in [-0.3, -0.25) is 0 Å². The topological polar surface area (TPSA) is 3.24 Å². The number of para-hydroxylation sites is 2. The summed E-state index contributed by atoms with van der Waals surface area (Å²) in [5.74, 6) is 0. The molecule has 3 heteroatoms. The molecular weight excluding hydrogens is 486 g/mol. The SMILES string of the molecule is Brc1ccc(Br)c(/C=C/c2ccc(N(c3ccccc3)c3ccccc3)cc2)c1. The van der Waals surface area contributed by atoms with Crippen molar-refractivity contribution in [2.45, 2.75) is 0 Å². The van der Waals surface area contributed by atoms with E-state index in [1.807, 2.05) is 24.3 Å². The lowest BCUT2D eigenvalue weighted by molar-refractivity contribution is 1.28. The fraction of sp³-hybridized carbons (Fsp3) is 0. The molecule has 142 valence electrons. The maximum absolute atomic E-state index is 3.61. The van der Waals surface area contributed by atoms with Gasteiger partial charge in [-0.2, -0.15) is 0 Å². The Morgan fingerprint density at radius 1 is 0.552 bits per heavy atom. The Morgan fingerprint density at radius 3 is 1.69 bits per heavy atom. The summed E-state index contributed by atoms with van der Waals surface area (Å²) in [5, 5.41) is 0. The van der Waals surface area contributed by atoms with Crippen molar-refractivity contribution < 1.29 is 0 Å². The van der Waals surface area contributed by atoms with Crippen molar-refractivity contribution in [1.82, 2.24) is 0 Å². The van der Waals surface area contributed by atoms with Gasteiger partial charge in [0.25, 0.3) is 0 Å². The highest BCUT2D eigenvalue weighted by Gasteiger charge is 2.11. The van der Waals surface area contributed by atoms with Crippen LogP contribution < -0.4 is 4.90 Å². The monoisotopic (exact) mass is 503 g/mol. The molecule has 0 aromatic heterocycles. The van der Waals surface area contributed by atoms with E-state index in [0.29, 0.717) is 0 Å². The second kappa shape index (κ2) is 9.25. The number of benzene rings is 4. The van der Waals surface area contributed by atoms with Crippen molar-refractivity contribution in [2.24, 2.45) is 0 Å². The Bertz CT molecular complexity index is 1070. The predicted octanol–water partition coefficient (Wildman–Crippen LogP) is 8.85. The van der Waals surface area contributed by atoms with Crippen LogP contribution in [0.25, 0.3) is 12.2 Å². The molecule has 0 unspecified atom stereocenters. The minimum atomic E-state index is 1.07. The molecule has 0 aliphatic heterocycles. The summed E-state index contributed by atoms with van der Waals surface area (Å²) in [5.41, 5.74) is 5.70. The molecule has 29 heavy (non-hydrogen) atoms. The number of anilines is 3. The highest BCUT2D eigenvalue weighted by atomic mass is 79.9. The molecule has 0 fully saturated rings. The fourth-order valence-corrected chi connectivity index (χ4v) is 3.92. The minimum absolute atomic E-state index is 1.07.